The summed E-state index contributed by atoms with van der Waals surface area (Å²) >= 11 is 6.15. The molecule has 1 aliphatic carbocycles. The van der Waals surface area contributed by atoms with Crippen molar-refractivity contribution in [3.8, 4) is 5.82 Å². The van der Waals surface area contributed by atoms with Crippen LogP contribution >= 0.6 is 11.6 Å². The lowest BCUT2D eigenvalue weighted by atomic mass is 10.1. The number of aromatic nitrogens is 6. The van der Waals surface area contributed by atoms with Gasteiger partial charge in [0.1, 0.15) is 6.73 Å². The predicted molar refractivity (Wildman–Crippen MR) is 109 cm³/mol. The fourth-order valence-electron chi connectivity index (χ4n) is 3.19. The van der Waals surface area contributed by atoms with Gasteiger partial charge in [0.15, 0.2) is 11.6 Å². The summed E-state index contributed by atoms with van der Waals surface area (Å²) < 4.78 is 7.36. The Kier molecular flexibility index (Phi) is 4.82. The summed E-state index contributed by atoms with van der Waals surface area (Å²) in [4.78, 5) is 8.89. The largest absolute Gasteiger partial charge is 0.362 e. The summed E-state index contributed by atoms with van der Waals surface area (Å²) in [5.41, 5.74) is 3.07. The van der Waals surface area contributed by atoms with Crippen molar-refractivity contribution in [1.29, 1.82) is 0 Å². The van der Waals surface area contributed by atoms with Crippen LogP contribution < -0.4 is 10.6 Å². The predicted octanol–water partition coefficient (Wildman–Crippen LogP) is 2.88. The molecule has 9 nitrogen and oxygen atoms in total. The number of hydrogen-bond donors (Lipinski definition) is 2. The van der Waals surface area contributed by atoms with Crippen LogP contribution in [0.15, 0.2) is 36.0 Å². The molecule has 10 heteroatoms. The maximum Gasteiger partial charge on any atom is 0.224 e. The maximum absolute atomic E-state index is 6.15. The molecule has 2 N–H and O–H groups in total. The number of fused-ring (bicyclic) bond motifs is 1. The van der Waals surface area contributed by atoms with E-state index < -0.39 is 0 Å². The highest BCUT2D eigenvalue weighted by Gasteiger charge is 2.30. The third-order valence-corrected chi connectivity index (χ3v) is 5.03. The summed E-state index contributed by atoms with van der Waals surface area (Å²) in [7, 11) is 0. The summed E-state index contributed by atoms with van der Waals surface area (Å²) in [6.07, 6.45) is 6.00. The minimum Gasteiger partial charge on any atom is -0.362 e. The van der Waals surface area contributed by atoms with Gasteiger partial charge >= 0.3 is 0 Å². The molecule has 1 fully saturated rings. The van der Waals surface area contributed by atoms with Crippen molar-refractivity contribution < 1.29 is 4.74 Å². The van der Waals surface area contributed by atoms with Gasteiger partial charge in [-0.3, -0.25) is 0 Å². The minimum atomic E-state index is 0.425. The zero-order chi connectivity index (χ0) is 19.6. The highest BCUT2D eigenvalue weighted by Crippen LogP contribution is 2.38. The van der Waals surface area contributed by atoms with Crippen LogP contribution in [0, 0.1) is 0 Å². The second kappa shape index (κ2) is 7.76. The summed E-state index contributed by atoms with van der Waals surface area (Å²) in [6.45, 7) is 1.46. The molecule has 2 aromatic heterocycles. The normalized spacial score (nSPS) is 18.0. The van der Waals surface area contributed by atoms with Crippen molar-refractivity contribution in [3.05, 3.63) is 52.4 Å². The first-order chi connectivity index (χ1) is 14.3. The van der Waals surface area contributed by atoms with E-state index in [9.17, 15) is 0 Å². The Morgan fingerprint density at radius 2 is 2.21 bits per heavy atom. The van der Waals surface area contributed by atoms with Crippen LogP contribution in [0.3, 0.4) is 0 Å². The number of nitrogens with zero attached hydrogens (tertiary/aromatic N) is 6. The second-order valence-corrected chi connectivity index (χ2v) is 7.46. The van der Waals surface area contributed by atoms with Crippen LogP contribution in [0.25, 0.3) is 11.9 Å². The molecule has 0 bridgehead atoms. The van der Waals surface area contributed by atoms with Crippen molar-refractivity contribution >= 4 is 29.3 Å². The molecule has 0 saturated heterocycles. The third kappa shape index (κ3) is 4.06. The van der Waals surface area contributed by atoms with E-state index in [0.29, 0.717) is 42.6 Å². The van der Waals surface area contributed by atoms with Crippen molar-refractivity contribution in [3.63, 3.8) is 0 Å². The number of nitrogens with one attached hydrogen (secondary N) is 2. The van der Waals surface area contributed by atoms with Crippen molar-refractivity contribution in [2.45, 2.75) is 18.8 Å². The van der Waals surface area contributed by atoms with E-state index in [4.69, 9.17) is 16.3 Å². The van der Waals surface area contributed by atoms with E-state index in [0.717, 1.165) is 35.5 Å². The van der Waals surface area contributed by atoms with Crippen LogP contribution in [0.2, 0.25) is 5.02 Å². The highest BCUT2D eigenvalue weighted by atomic mass is 35.5. The number of halogens is 1. The Morgan fingerprint density at radius 3 is 3.10 bits per heavy atom. The quantitative estimate of drug-likeness (QED) is 0.661. The molecule has 0 atom stereocenters. The van der Waals surface area contributed by atoms with Gasteiger partial charge in [-0.05, 0) is 58.7 Å². The topological polar surface area (TPSA) is 103 Å². The second-order valence-electron chi connectivity index (χ2n) is 7.02. The Bertz CT molecular complexity index is 1060. The molecular formula is C19H19ClN8O. The first-order valence-electron chi connectivity index (χ1n) is 9.42. The average molecular weight is 411 g/mol. The van der Waals surface area contributed by atoms with Gasteiger partial charge in [-0.1, -0.05) is 11.6 Å². The van der Waals surface area contributed by atoms with Crippen molar-refractivity contribution in [2.75, 3.05) is 30.5 Å². The van der Waals surface area contributed by atoms with Gasteiger partial charge in [-0.25, -0.2) is 4.98 Å². The van der Waals surface area contributed by atoms with E-state index in [1.54, 1.807) is 16.9 Å². The van der Waals surface area contributed by atoms with E-state index in [-0.39, 0.29) is 0 Å². The van der Waals surface area contributed by atoms with Gasteiger partial charge in [-0.2, -0.15) is 9.67 Å². The Balaban J connectivity index is 1.35. The van der Waals surface area contributed by atoms with Gasteiger partial charge < -0.3 is 15.4 Å². The molecule has 1 saturated carbocycles. The fourth-order valence-corrected chi connectivity index (χ4v) is 3.37. The lowest BCUT2D eigenvalue weighted by molar-refractivity contribution is 0.175. The van der Waals surface area contributed by atoms with Gasteiger partial charge in [-0.15, -0.1) is 5.10 Å². The first-order valence-corrected chi connectivity index (χ1v) is 9.80. The van der Waals surface area contributed by atoms with E-state index in [1.165, 1.54) is 0 Å². The van der Waals surface area contributed by atoms with Gasteiger partial charge in [0.25, 0.3) is 0 Å². The van der Waals surface area contributed by atoms with Crippen molar-refractivity contribution in [1.82, 2.24) is 30.2 Å². The monoisotopic (exact) mass is 410 g/mol. The lowest BCUT2D eigenvalue weighted by Crippen LogP contribution is -2.17. The average Bonchev–Trinajstić information content (AvgIpc) is 3.45. The number of rotatable bonds is 5. The fraction of sp³-hybridized carbons (Fsp3) is 0.316. The van der Waals surface area contributed by atoms with E-state index in [2.05, 4.69) is 42.2 Å². The van der Waals surface area contributed by atoms with Crippen LogP contribution in [-0.4, -0.2) is 50.1 Å². The zero-order valence-corrected chi connectivity index (χ0v) is 16.3. The molecule has 2 aliphatic rings. The number of hydrogen-bond acceptors (Lipinski definition) is 8. The number of tetrazole rings is 1. The molecular weight excluding hydrogens is 392 g/mol. The van der Waals surface area contributed by atoms with Gasteiger partial charge in [0.2, 0.25) is 5.95 Å². The molecule has 1 aromatic carbocycles. The number of ether oxygens (including phenoxy) is 1. The smallest absolute Gasteiger partial charge is 0.224 e. The lowest BCUT2D eigenvalue weighted by Gasteiger charge is -2.17. The Labute approximate surface area is 172 Å². The number of anilines is 2. The molecule has 3 heterocycles. The molecule has 1 aliphatic heterocycles. The number of benzene rings is 1. The van der Waals surface area contributed by atoms with Crippen LogP contribution in [0.4, 0.5) is 11.6 Å². The van der Waals surface area contributed by atoms with Crippen LogP contribution in [-0.2, 0) is 4.74 Å². The molecule has 148 valence electrons. The molecule has 0 radical (unpaired) electrons. The summed E-state index contributed by atoms with van der Waals surface area (Å²) in [5.74, 6) is 2.44. The molecule has 0 spiro atoms. The minimum absolute atomic E-state index is 0.425. The molecule has 0 unspecified atom stereocenters. The summed E-state index contributed by atoms with van der Waals surface area (Å²) in [6, 6.07) is 7.54. The first kappa shape index (κ1) is 18.0. The highest BCUT2D eigenvalue weighted by molar-refractivity contribution is 6.30. The zero-order valence-electron chi connectivity index (χ0n) is 15.5. The molecule has 29 heavy (non-hydrogen) atoms. The van der Waals surface area contributed by atoms with Crippen LogP contribution in [0.5, 0.6) is 0 Å². The van der Waals surface area contributed by atoms with E-state index >= 15 is 0 Å². The summed E-state index contributed by atoms with van der Waals surface area (Å²) in [5, 5.41) is 19.2. The van der Waals surface area contributed by atoms with E-state index in [1.807, 2.05) is 18.2 Å². The van der Waals surface area contributed by atoms with Crippen molar-refractivity contribution in [2.24, 2.45) is 0 Å². The molecule has 0 amide bonds. The SMILES string of the molecule is Clc1ccc2c(c1)/C=C(/CNc1nccc(-n3nnnc3C3CC3)n1)COCN2. The Morgan fingerprint density at radius 1 is 1.28 bits per heavy atom. The van der Waals surface area contributed by atoms with Gasteiger partial charge in [0.05, 0.1) is 6.61 Å². The maximum atomic E-state index is 6.15. The van der Waals surface area contributed by atoms with Gasteiger partial charge in [0, 0.05) is 35.4 Å². The molecule has 5 rings (SSSR count). The third-order valence-electron chi connectivity index (χ3n) is 4.79. The Hall–Kier alpha value is -3.04. The molecule has 3 aromatic rings. The standard InChI is InChI=1S/C19H19ClN8O/c20-15-3-4-16-14(8-15)7-12(10-29-11-23-16)9-22-19-21-6-5-17(24-19)28-18(13-1-2-13)25-26-27-28/h3-8,13,23H,1-2,9-11H2,(H,21,22,24)/b12-7-. The van der Waals surface area contributed by atoms with Crippen LogP contribution in [0.1, 0.15) is 30.1 Å².